The van der Waals surface area contributed by atoms with E-state index in [-0.39, 0.29) is 0 Å². The largest absolute Gasteiger partial charge is 0.394 e. The molecule has 3 N–H and O–H groups in total. The molecule has 4 nitrogen and oxygen atoms in total. The van der Waals surface area contributed by atoms with Gasteiger partial charge in [0.1, 0.15) is 5.82 Å². The van der Waals surface area contributed by atoms with Crippen LogP contribution in [0, 0.1) is 0 Å². The highest BCUT2D eigenvalue weighted by molar-refractivity contribution is 5.60. The summed E-state index contributed by atoms with van der Waals surface area (Å²) in [5.41, 5.74) is 6.50. The molecule has 0 spiro atoms. The van der Waals surface area contributed by atoms with E-state index in [9.17, 15) is 0 Å². The van der Waals surface area contributed by atoms with Crippen molar-refractivity contribution < 1.29 is 0 Å². The number of aryl methyl sites for hydroxylation is 1. The first-order valence-corrected chi connectivity index (χ1v) is 4.84. The molecule has 0 bridgehead atoms. The SMILES string of the molecule is CCCNc1c(N)cnn1CCC. The number of aromatic nitrogens is 2. The number of hydrogen-bond donors (Lipinski definition) is 2. The number of rotatable bonds is 5. The van der Waals surface area contributed by atoms with Crippen molar-refractivity contribution in [2.45, 2.75) is 33.2 Å². The molecular formula is C9H18N4. The van der Waals surface area contributed by atoms with Crippen molar-refractivity contribution >= 4 is 11.5 Å². The second-order valence-electron chi connectivity index (χ2n) is 3.10. The van der Waals surface area contributed by atoms with Crippen molar-refractivity contribution in [1.29, 1.82) is 0 Å². The zero-order valence-electron chi connectivity index (χ0n) is 8.38. The minimum atomic E-state index is 0.738. The molecule has 0 saturated heterocycles. The van der Waals surface area contributed by atoms with E-state index < -0.39 is 0 Å². The molecule has 0 aliphatic rings. The highest BCUT2D eigenvalue weighted by Crippen LogP contribution is 2.17. The van der Waals surface area contributed by atoms with Gasteiger partial charge in [0.2, 0.25) is 0 Å². The Morgan fingerprint density at radius 1 is 1.46 bits per heavy atom. The Kier molecular flexibility index (Phi) is 3.61. The fourth-order valence-corrected chi connectivity index (χ4v) is 1.22. The molecule has 1 aromatic heterocycles. The molecule has 1 rings (SSSR count). The Labute approximate surface area is 79.1 Å². The Morgan fingerprint density at radius 3 is 2.85 bits per heavy atom. The summed E-state index contributed by atoms with van der Waals surface area (Å²) in [5.74, 6) is 0.962. The molecular weight excluding hydrogens is 164 g/mol. The normalized spacial score (nSPS) is 10.3. The van der Waals surface area contributed by atoms with Crippen LogP contribution in [-0.2, 0) is 6.54 Å². The first-order chi connectivity index (χ1) is 6.29. The number of anilines is 2. The minimum Gasteiger partial charge on any atom is -0.394 e. The summed E-state index contributed by atoms with van der Waals surface area (Å²) in [6.45, 7) is 6.12. The molecule has 0 unspecified atom stereocenters. The monoisotopic (exact) mass is 182 g/mol. The molecule has 0 aliphatic heterocycles. The smallest absolute Gasteiger partial charge is 0.147 e. The summed E-state index contributed by atoms with van der Waals surface area (Å²) >= 11 is 0. The van der Waals surface area contributed by atoms with E-state index in [2.05, 4.69) is 24.3 Å². The van der Waals surface area contributed by atoms with Crippen LogP contribution in [0.2, 0.25) is 0 Å². The van der Waals surface area contributed by atoms with Gasteiger partial charge in [-0.1, -0.05) is 13.8 Å². The summed E-state index contributed by atoms with van der Waals surface area (Å²) < 4.78 is 1.92. The molecule has 4 heteroatoms. The third-order valence-electron chi connectivity index (χ3n) is 1.85. The summed E-state index contributed by atoms with van der Waals surface area (Å²) in [7, 11) is 0. The number of hydrogen-bond acceptors (Lipinski definition) is 3. The summed E-state index contributed by atoms with van der Waals surface area (Å²) in [6, 6.07) is 0. The van der Waals surface area contributed by atoms with E-state index in [1.54, 1.807) is 6.20 Å². The highest BCUT2D eigenvalue weighted by Gasteiger charge is 2.05. The molecule has 0 aliphatic carbocycles. The molecule has 1 heterocycles. The Balaban J connectivity index is 2.69. The van der Waals surface area contributed by atoms with E-state index >= 15 is 0 Å². The molecule has 1 aromatic rings. The maximum absolute atomic E-state index is 5.77. The van der Waals surface area contributed by atoms with Crippen LogP contribution in [0.4, 0.5) is 11.5 Å². The lowest BCUT2D eigenvalue weighted by Gasteiger charge is -2.08. The van der Waals surface area contributed by atoms with Gasteiger partial charge in [-0.05, 0) is 12.8 Å². The summed E-state index contributed by atoms with van der Waals surface area (Å²) in [5, 5.41) is 7.46. The Morgan fingerprint density at radius 2 is 2.23 bits per heavy atom. The molecule has 0 fully saturated rings. The van der Waals surface area contributed by atoms with Crippen LogP contribution in [0.3, 0.4) is 0 Å². The van der Waals surface area contributed by atoms with Gasteiger partial charge in [-0.25, -0.2) is 4.68 Å². The van der Waals surface area contributed by atoms with Gasteiger partial charge in [-0.3, -0.25) is 0 Å². The predicted octanol–water partition coefficient (Wildman–Crippen LogP) is 1.70. The van der Waals surface area contributed by atoms with Gasteiger partial charge in [0, 0.05) is 13.1 Å². The summed E-state index contributed by atoms with van der Waals surface area (Å²) in [6.07, 6.45) is 3.87. The van der Waals surface area contributed by atoms with Crippen molar-refractivity contribution in [1.82, 2.24) is 9.78 Å². The van der Waals surface area contributed by atoms with Gasteiger partial charge < -0.3 is 11.1 Å². The lowest BCUT2D eigenvalue weighted by Crippen LogP contribution is -2.09. The molecule has 13 heavy (non-hydrogen) atoms. The first-order valence-electron chi connectivity index (χ1n) is 4.84. The Hall–Kier alpha value is -1.19. The van der Waals surface area contributed by atoms with Crippen molar-refractivity contribution in [2.75, 3.05) is 17.6 Å². The van der Waals surface area contributed by atoms with Gasteiger partial charge in [-0.15, -0.1) is 0 Å². The number of nitrogens with zero attached hydrogens (tertiary/aromatic N) is 2. The van der Waals surface area contributed by atoms with Crippen molar-refractivity contribution in [3.63, 3.8) is 0 Å². The third kappa shape index (κ3) is 2.37. The fourth-order valence-electron chi connectivity index (χ4n) is 1.22. The van der Waals surface area contributed by atoms with Crippen LogP contribution >= 0.6 is 0 Å². The molecule has 0 aromatic carbocycles. The van der Waals surface area contributed by atoms with E-state index in [1.807, 2.05) is 4.68 Å². The van der Waals surface area contributed by atoms with Crippen molar-refractivity contribution in [2.24, 2.45) is 0 Å². The zero-order chi connectivity index (χ0) is 9.68. The second-order valence-corrected chi connectivity index (χ2v) is 3.10. The predicted molar refractivity (Wildman–Crippen MR) is 55.7 cm³/mol. The highest BCUT2D eigenvalue weighted by atomic mass is 15.3. The summed E-state index contributed by atoms with van der Waals surface area (Å²) in [4.78, 5) is 0. The standard InChI is InChI=1S/C9H18N4/c1-3-5-11-9-8(10)7-12-13(9)6-4-2/h7,11H,3-6,10H2,1-2H3. The molecule has 0 amide bonds. The molecule has 0 atom stereocenters. The van der Waals surface area contributed by atoms with Crippen LogP contribution < -0.4 is 11.1 Å². The van der Waals surface area contributed by atoms with Gasteiger partial charge >= 0.3 is 0 Å². The number of nitrogens with one attached hydrogen (secondary N) is 1. The third-order valence-corrected chi connectivity index (χ3v) is 1.85. The average molecular weight is 182 g/mol. The fraction of sp³-hybridized carbons (Fsp3) is 0.667. The molecule has 74 valence electrons. The number of nitrogens with two attached hydrogens (primary N) is 1. The lowest BCUT2D eigenvalue weighted by atomic mass is 10.4. The van der Waals surface area contributed by atoms with Crippen LogP contribution in [-0.4, -0.2) is 16.3 Å². The second kappa shape index (κ2) is 4.74. The van der Waals surface area contributed by atoms with E-state index in [0.717, 1.165) is 37.4 Å². The Bertz CT molecular complexity index is 254. The number of nitrogen functional groups attached to an aromatic ring is 1. The quantitative estimate of drug-likeness (QED) is 0.728. The van der Waals surface area contributed by atoms with Crippen LogP contribution in [0.25, 0.3) is 0 Å². The van der Waals surface area contributed by atoms with Crippen molar-refractivity contribution in [3.05, 3.63) is 6.20 Å². The van der Waals surface area contributed by atoms with Gasteiger partial charge in [-0.2, -0.15) is 5.10 Å². The van der Waals surface area contributed by atoms with Gasteiger partial charge in [0.05, 0.1) is 11.9 Å². The first kappa shape index (κ1) is 9.89. The van der Waals surface area contributed by atoms with E-state index in [1.165, 1.54) is 0 Å². The molecule has 0 radical (unpaired) electrons. The van der Waals surface area contributed by atoms with Gasteiger partial charge in [0.15, 0.2) is 0 Å². The lowest BCUT2D eigenvalue weighted by molar-refractivity contribution is 0.607. The average Bonchev–Trinajstić information content (AvgIpc) is 2.45. The topological polar surface area (TPSA) is 55.9 Å². The maximum atomic E-state index is 5.77. The van der Waals surface area contributed by atoms with E-state index in [4.69, 9.17) is 5.73 Å². The maximum Gasteiger partial charge on any atom is 0.147 e. The van der Waals surface area contributed by atoms with Crippen LogP contribution in [0.1, 0.15) is 26.7 Å². The minimum absolute atomic E-state index is 0.738. The van der Waals surface area contributed by atoms with Crippen molar-refractivity contribution in [3.8, 4) is 0 Å². The van der Waals surface area contributed by atoms with E-state index in [0.29, 0.717) is 0 Å². The van der Waals surface area contributed by atoms with Crippen LogP contribution in [0.15, 0.2) is 6.20 Å². The van der Waals surface area contributed by atoms with Gasteiger partial charge in [0.25, 0.3) is 0 Å². The zero-order valence-corrected chi connectivity index (χ0v) is 8.38. The molecule has 0 saturated carbocycles. The van der Waals surface area contributed by atoms with Crippen LogP contribution in [0.5, 0.6) is 0 Å².